The zero-order chi connectivity index (χ0) is 13.1. The van der Waals surface area contributed by atoms with Crippen molar-refractivity contribution in [1.82, 2.24) is 10.2 Å². The van der Waals surface area contributed by atoms with Crippen molar-refractivity contribution >= 4 is 17.4 Å². The smallest absolute Gasteiger partial charge is 0.260 e. The molecule has 1 heterocycles. The summed E-state index contributed by atoms with van der Waals surface area (Å²) in [6.07, 6.45) is 1.38. The minimum atomic E-state index is -0.494. The number of hydrogen-bond donors (Lipinski definition) is 4. The van der Waals surface area contributed by atoms with Crippen molar-refractivity contribution in [3.63, 3.8) is 0 Å². The summed E-state index contributed by atoms with van der Waals surface area (Å²) >= 11 is 0. The number of aromatic amines is 1. The van der Waals surface area contributed by atoms with Gasteiger partial charge in [-0.1, -0.05) is 0 Å². The predicted octanol–water partition coefficient (Wildman–Crippen LogP) is 0.958. The number of phenolic OH excluding ortho intramolecular Hbond substituents is 1. The van der Waals surface area contributed by atoms with E-state index in [1.54, 1.807) is 6.07 Å². The van der Waals surface area contributed by atoms with Gasteiger partial charge in [-0.25, -0.2) is 0 Å². The zero-order valence-electron chi connectivity index (χ0n) is 9.60. The van der Waals surface area contributed by atoms with Gasteiger partial charge >= 0.3 is 0 Å². The molecule has 0 spiro atoms. The maximum absolute atomic E-state index is 11.9. The highest BCUT2D eigenvalue weighted by atomic mass is 16.5. The average molecular weight is 248 g/mol. The number of carbonyl (C=O) groups is 1. The van der Waals surface area contributed by atoms with Gasteiger partial charge in [-0.05, 0) is 12.1 Å². The standard InChI is InChI=1S/C11H12N4O3/c1-18-6-2-3-7(9(16)4-6)11(17)14-10-8(12)5-13-15-10/h2-5,16H,12H2,1H3,(H2,13,14,15,17). The maximum atomic E-state index is 11.9. The van der Waals surface area contributed by atoms with E-state index in [0.717, 1.165) is 0 Å². The van der Waals surface area contributed by atoms with Crippen molar-refractivity contribution in [2.75, 3.05) is 18.2 Å². The van der Waals surface area contributed by atoms with Crippen LogP contribution in [0.15, 0.2) is 24.4 Å². The number of hydrogen-bond acceptors (Lipinski definition) is 5. The number of aromatic hydroxyl groups is 1. The first-order chi connectivity index (χ1) is 8.61. The fourth-order valence-corrected chi connectivity index (χ4v) is 1.41. The molecule has 0 bridgehead atoms. The van der Waals surface area contributed by atoms with Gasteiger partial charge in [0.2, 0.25) is 0 Å². The molecule has 18 heavy (non-hydrogen) atoms. The van der Waals surface area contributed by atoms with E-state index in [2.05, 4.69) is 15.5 Å². The van der Waals surface area contributed by atoms with Crippen molar-refractivity contribution in [3.8, 4) is 11.5 Å². The van der Waals surface area contributed by atoms with E-state index in [9.17, 15) is 9.90 Å². The van der Waals surface area contributed by atoms with Crippen LogP contribution in [0.5, 0.6) is 11.5 Å². The molecule has 7 heteroatoms. The number of phenols is 1. The van der Waals surface area contributed by atoms with Crippen molar-refractivity contribution in [3.05, 3.63) is 30.0 Å². The molecule has 0 aliphatic carbocycles. The molecule has 2 aromatic rings. The lowest BCUT2D eigenvalue weighted by atomic mass is 10.2. The Hall–Kier alpha value is -2.70. The van der Waals surface area contributed by atoms with Crippen LogP contribution < -0.4 is 15.8 Å². The Morgan fingerprint density at radius 3 is 2.89 bits per heavy atom. The van der Waals surface area contributed by atoms with Gasteiger partial charge in [0.15, 0.2) is 5.82 Å². The number of methoxy groups -OCH3 is 1. The van der Waals surface area contributed by atoms with Crippen LogP contribution in [-0.2, 0) is 0 Å². The van der Waals surface area contributed by atoms with Gasteiger partial charge in [-0.2, -0.15) is 5.10 Å². The molecule has 7 nitrogen and oxygen atoms in total. The highest BCUT2D eigenvalue weighted by molar-refractivity contribution is 6.06. The molecule has 94 valence electrons. The second-order valence-corrected chi connectivity index (χ2v) is 3.54. The lowest BCUT2D eigenvalue weighted by Gasteiger charge is -2.07. The molecule has 5 N–H and O–H groups in total. The first kappa shape index (κ1) is 11.8. The Kier molecular flexibility index (Phi) is 3.05. The predicted molar refractivity (Wildman–Crippen MR) is 65.6 cm³/mol. The summed E-state index contributed by atoms with van der Waals surface area (Å²) in [5.74, 6) is 0.0800. The fraction of sp³-hybridized carbons (Fsp3) is 0.0909. The molecule has 0 saturated carbocycles. The van der Waals surface area contributed by atoms with Crippen LogP contribution in [0.25, 0.3) is 0 Å². The monoisotopic (exact) mass is 248 g/mol. The number of carbonyl (C=O) groups excluding carboxylic acids is 1. The number of nitrogens with zero attached hydrogens (tertiary/aromatic N) is 1. The quantitative estimate of drug-likeness (QED) is 0.646. The van der Waals surface area contributed by atoms with Crippen molar-refractivity contribution in [1.29, 1.82) is 0 Å². The van der Waals surface area contributed by atoms with E-state index in [-0.39, 0.29) is 17.1 Å². The van der Waals surface area contributed by atoms with Crippen molar-refractivity contribution in [2.45, 2.75) is 0 Å². The number of ether oxygens (including phenoxy) is 1. The largest absolute Gasteiger partial charge is 0.507 e. The minimum absolute atomic E-state index is 0.116. The Morgan fingerprint density at radius 2 is 2.33 bits per heavy atom. The SMILES string of the molecule is COc1ccc(C(=O)Nc2[nH]ncc2N)c(O)c1. The van der Waals surface area contributed by atoms with E-state index in [1.165, 1.54) is 25.4 Å². The van der Waals surface area contributed by atoms with Gasteiger partial charge in [-0.15, -0.1) is 0 Å². The molecule has 0 unspecified atom stereocenters. The summed E-state index contributed by atoms with van der Waals surface area (Å²) in [5, 5.41) is 18.4. The van der Waals surface area contributed by atoms with Crippen molar-refractivity contribution < 1.29 is 14.6 Å². The molecule has 0 fully saturated rings. The summed E-state index contributed by atoms with van der Waals surface area (Å²) in [7, 11) is 1.47. The molecule has 1 amide bonds. The molecule has 1 aromatic carbocycles. The van der Waals surface area contributed by atoms with E-state index in [4.69, 9.17) is 10.5 Å². The zero-order valence-corrected chi connectivity index (χ0v) is 9.60. The molecule has 1 aromatic heterocycles. The fourth-order valence-electron chi connectivity index (χ4n) is 1.41. The van der Waals surface area contributed by atoms with Crippen LogP contribution >= 0.6 is 0 Å². The summed E-state index contributed by atoms with van der Waals surface area (Å²) in [4.78, 5) is 11.9. The normalized spacial score (nSPS) is 10.1. The second-order valence-electron chi connectivity index (χ2n) is 3.54. The summed E-state index contributed by atoms with van der Waals surface area (Å²) in [6, 6.07) is 4.38. The third-order valence-corrected chi connectivity index (χ3v) is 2.36. The molecular weight excluding hydrogens is 236 g/mol. The molecule has 0 radical (unpaired) electrons. The Bertz CT molecular complexity index is 579. The highest BCUT2D eigenvalue weighted by Crippen LogP contribution is 2.24. The second kappa shape index (κ2) is 4.66. The Labute approximate surface area is 103 Å². The molecule has 0 aliphatic heterocycles. The molecule has 0 saturated heterocycles. The van der Waals surface area contributed by atoms with Crippen LogP contribution in [0, 0.1) is 0 Å². The van der Waals surface area contributed by atoms with Crippen LogP contribution in [0.4, 0.5) is 11.5 Å². The summed E-state index contributed by atoms with van der Waals surface area (Å²) in [6.45, 7) is 0. The molecule has 0 aliphatic rings. The van der Waals surface area contributed by atoms with Gasteiger partial charge in [0.1, 0.15) is 11.5 Å². The average Bonchev–Trinajstić information content (AvgIpc) is 2.74. The van der Waals surface area contributed by atoms with E-state index >= 15 is 0 Å². The van der Waals surface area contributed by atoms with Gasteiger partial charge in [0.25, 0.3) is 5.91 Å². The van der Waals surface area contributed by atoms with Gasteiger partial charge in [-0.3, -0.25) is 9.89 Å². The number of anilines is 2. The van der Waals surface area contributed by atoms with E-state index in [0.29, 0.717) is 11.4 Å². The Balaban J connectivity index is 2.22. The maximum Gasteiger partial charge on any atom is 0.260 e. The number of amides is 1. The number of nitrogens with two attached hydrogens (primary N) is 1. The summed E-state index contributed by atoms with van der Waals surface area (Å²) < 4.78 is 4.93. The summed E-state index contributed by atoms with van der Waals surface area (Å²) in [5.41, 5.74) is 5.99. The lowest BCUT2D eigenvalue weighted by Crippen LogP contribution is -2.13. The number of benzene rings is 1. The first-order valence-corrected chi connectivity index (χ1v) is 5.09. The van der Waals surface area contributed by atoms with Crippen LogP contribution in [0.1, 0.15) is 10.4 Å². The van der Waals surface area contributed by atoms with Gasteiger partial charge < -0.3 is 20.9 Å². The number of nitrogen functional groups attached to an aromatic ring is 1. The van der Waals surface area contributed by atoms with E-state index in [1.807, 2.05) is 0 Å². The van der Waals surface area contributed by atoms with E-state index < -0.39 is 5.91 Å². The van der Waals surface area contributed by atoms with Crippen LogP contribution in [0.2, 0.25) is 0 Å². The molecule has 2 rings (SSSR count). The van der Waals surface area contributed by atoms with Crippen molar-refractivity contribution in [2.24, 2.45) is 0 Å². The first-order valence-electron chi connectivity index (χ1n) is 5.09. The van der Waals surface area contributed by atoms with Crippen LogP contribution in [0.3, 0.4) is 0 Å². The number of H-pyrrole nitrogens is 1. The highest BCUT2D eigenvalue weighted by Gasteiger charge is 2.14. The lowest BCUT2D eigenvalue weighted by molar-refractivity contribution is 0.102. The number of aromatic nitrogens is 2. The van der Waals surface area contributed by atoms with Crippen LogP contribution in [-0.4, -0.2) is 28.3 Å². The minimum Gasteiger partial charge on any atom is -0.507 e. The third kappa shape index (κ3) is 2.19. The molecule has 0 atom stereocenters. The topological polar surface area (TPSA) is 113 Å². The molecular formula is C11H12N4O3. The number of nitrogens with one attached hydrogen (secondary N) is 2. The Morgan fingerprint density at radius 1 is 1.56 bits per heavy atom. The van der Waals surface area contributed by atoms with Gasteiger partial charge in [0, 0.05) is 6.07 Å². The third-order valence-electron chi connectivity index (χ3n) is 2.36. The number of rotatable bonds is 3. The van der Waals surface area contributed by atoms with Gasteiger partial charge in [0.05, 0.1) is 24.6 Å².